The first-order valence-electron chi connectivity index (χ1n) is 7.75. The summed E-state index contributed by atoms with van der Waals surface area (Å²) in [6, 6.07) is -0.100. The highest BCUT2D eigenvalue weighted by Gasteiger charge is 2.37. The van der Waals surface area contributed by atoms with Crippen molar-refractivity contribution in [2.45, 2.75) is 31.3 Å². The van der Waals surface area contributed by atoms with E-state index >= 15 is 0 Å². The Balaban J connectivity index is 1.58. The lowest BCUT2D eigenvalue weighted by atomic mass is 10.0. The zero-order chi connectivity index (χ0) is 14.8. The van der Waals surface area contributed by atoms with E-state index in [-0.39, 0.29) is 19.2 Å². The van der Waals surface area contributed by atoms with E-state index in [2.05, 4.69) is 10.2 Å². The Bertz CT molecular complexity index is 417. The fraction of sp³-hybridized carbons (Fsp3) is 0.857. The summed E-state index contributed by atoms with van der Waals surface area (Å²) < 4.78 is 5.19. The molecule has 0 aliphatic carbocycles. The Morgan fingerprint density at radius 2 is 1.95 bits per heavy atom. The van der Waals surface area contributed by atoms with Gasteiger partial charge >= 0.3 is 12.0 Å². The van der Waals surface area contributed by atoms with Crippen molar-refractivity contribution in [1.82, 2.24) is 15.1 Å². The number of ether oxygens (including phenoxy) is 1. The van der Waals surface area contributed by atoms with Gasteiger partial charge in [0.15, 0.2) is 0 Å². The molecule has 7 nitrogen and oxygen atoms in total. The van der Waals surface area contributed by atoms with Crippen molar-refractivity contribution in [2.24, 2.45) is 5.92 Å². The van der Waals surface area contributed by atoms with Gasteiger partial charge in [-0.15, -0.1) is 0 Å². The number of amides is 2. The molecule has 3 fully saturated rings. The van der Waals surface area contributed by atoms with Crippen LogP contribution in [0.5, 0.6) is 0 Å². The van der Waals surface area contributed by atoms with Crippen LogP contribution >= 0.6 is 0 Å². The van der Waals surface area contributed by atoms with Crippen molar-refractivity contribution >= 4 is 12.0 Å². The summed E-state index contributed by atoms with van der Waals surface area (Å²) in [4.78, 5) is 27.8. The van der Waals surface area contributed by atoms with Gasteiger partial charge in [-0.1, -0.05) is 0 Å². The molecule has 7 heteroatoms. The predicted octanol–water partition coefficient (Wildman–Crippen LogP) is -0.0343. The predicted molar refractivity (Wildman–Crippen MR) is 75.0 cm³/mol. The van der Waals surface area contributed by atoms with Gasteiger partial charge in [-0.25, -0.2) is 4.79 Å². The number of urea groups is 1. The second-order valence-corrected chi connectivity index (χ2v) is 6.17. The van der Waals surface area contributed by atoms with E-state index in [1.165, 1.54) is 6.42 Å². The monoisotopic (exact) mass is 297 g/mol. The SMILES string of the molecule is O=C(O)C1COCC1NC(=O)N1CCCN2CCCC2C1. The number of carbonyl (C=O) groups is 2. The number of fused-ring (bicyclic) bond motifs is 1. The summed E-state index contributed by atoms with van der Waals surface area (Å²) in [7, 11) is 0. The fourth-order valence-electron chi connectivity index (χ4n) is 3.58. The number of hydrogen-bond donors (Lipinski definition) is 2. The first kappa shape index (κ1) is 14.6. The van der Waals surface area contributed by atoms with Crippen LogP contribution in [0.2, 0.25) is 0 Å². The lowest BCUT2D eigenvalue weighted by Gasteiger charge is -2.27. The van der Waals surface area contributed by atoms with Gasteiger partial charge in [-0.3, -0.25) is 9.69 Å². The molecule has 2 N–H and O–H groups in total. The molecule has 0 radical (unpaired) electrons. The molecule has 118 valence electrons. The van der Waals surface area contributed by atoms with Crippen LogP contribution in [0.3, 0.4) is 0 Å². The molecule has 3 aliphatic rings. The Morgan fingerprint density at radius 3 is 2.76 bits per heavy atom. The molecule has 3 heterocycles. The summed E-state index contributed by atoms with van der Waals surface area (Å²) >= 11 is 0. The molecule has 3 unspecified atom stereocenters. The standard InChI is InChI=1S/C14H23N3O4/c18-13(19)11-8-21-9-12(11)15-14(20)17-6-2-5-16-4-1-3-10(16)7-17/h10-12H,1-9H2,(H,15,20)(H,18,19). The van der Waals surface area contributed by atoms with Gasteiger partial charge in [0.25, 0.3) is 0 Å². The number of rotatable bonds is 2. The lowest BCUT2D eigenvalue weighted by Crippen LogP contribution is -2.50. The quantitative estimate of drug-likeness (QED) is 0.748. The highest BCUT2D eigenvalue weighted by atomic mass is 16.5. The van der Waals surface area contributed by atoms with Gasteiger partial charge in [0.1, 0.15) is 5.92 Å². The summed E-state index contributed by atoms with van der Waals surface area (Å²) in [5.74, 6) is -1.54. The summed E-state index contributed by atoms with van der Waals surface area (Å²) in [5.41, 5.74) is 0. The average molecular weight is 297 g/mol. The maximum atomic E-state index is 12.4. The highest BCUT2D eigenvalue weighted by molar-refractivity contribution is 5.77. The van der Waals surface area contributed by atoms with Crippen molar-refractivity contribution in [3.63, 3.8) is 0 Å². The van der Waals surface area contributed by atoms with Crippen LogP contribution < -0.4 is 5.32 Å². The average Bonchev–Trinajstić information content (AvgIpc) is 3.03. The van der Waals surface area contributed by atoms with Crippen LogP contribution in [-0.2, 0) is 9.53 Å². The molecule has 2 amide bonds. The van der Waals surface area contributed by atoms with Gasteiger partial charge < -0.3 is 20.1 Å². The van der Waals surface area contributed by atoms with Gasteiger partial charge in [-0.2, -0.15) is 0 Å². The molecule has 0 saturated carbocycles. The molecule has 3 saturated heterocycles. The van der Waals surface area contributed by atoms with Gasteiger partial charge in [0.2, 0.25) is 0 Å². The second kappa shape index (κ2) is 6.19. The molecule has 0 aromatic heterocycles. The van der Waals surface area contributed by atoms with Gasteiger partial charge in [0, 0.05) is 25.7 Å². The normalized spacial score (nSPS) is 33.5. The van der Waals surface area contributed by atoms with Crippen LogP contribution in [0, 0.1) is 5.92 Å². The summed E-state index contributed by atoms with van der Waals surface area (Å²) in [6.45, 7) is 4.14. The number of carboxylic acid groups (broad SMARTS) is 1. The Morgan fingerprint density at radius 1 is 1.14 bits per heavy atom. The minimum atomic E-state index is -0.907. The third-order valence-electron chi connectivity index (χ3n) is 4.80. The van der Waals surface area contributed by atoms with E-state index in [9.17, 15) is 9.59 Å². The molecular weight excluding hydrogens is 274 g/mol. The van der Waals surface area contributed by atoms with Crippen LogP contribution in [-0.4, -0.2) is 78.4 Å². The maximum Gasteiger partial charge on any atom is 0.317 e. The fourth-order valence-corrected chi connectivity index (χ4v) is 3.58. The third-order valence-corrected chi connectivity index (χ3v) is 4.80. The Labute approximate surface area is 124 Å². The van der Waals surface area contributed by atoms with E-state index in [4.69, 9.17) is 9.84 Å². The Kier molecular flexibility index (Phi) is 4.30. The lowest BCUT2D eigenvalue weighted by molar-refractivity contribution is -0.142. The molecule has 3 atom stereocenters. The van der Waals surface area contributed by atoms with Crippen molar-refractivity contribution < 1.29 is 19.4 Å². The van der Waals surface area contributed by atoms with E-state index in [1.54, 1.807) is 0 Å². The van der Waals surface area contributed by atoms with Crippen LogP contribution in [0.15, 0.2) is 0 Å². The van der Waals surface area contributed by atoms with Crippen molar-refractivity contribution in [1.29, 1.82) is 0 Å². The van der Waals surface area contributed by atoms with E-state index in [1.807, 2.05) is 4.90 Å². The molecule has 3 rings (SSSR count). The number of carboxylic acids is 1. The molecule has 0 aromatic carbocycles. The minimum absolute atomic E-state index is 0.148. The minimum Gasteiger partial charge on any atom is -0.481 e. The second-order valence-electron chi connectivity index (χ2n) is 6.17. The van der Waals surface area contributed by atoms with Gasteiger partial charge in [0.05, 0.1) is 19.3 Å². The van der Waals surface area contributed by atoms with Gasteiger partial charge in [-0.05, 0) is 25.8 Å². The van der Waals surface area contributed by atoms with Crippen LogP contribution in [0.25, 0.3) is 0 Å². The number of carbonyl (C=O) groups excluding carboxylic acids is 1. The number of nitrogens with one attached hydrogen (secondary N) is 1. The molecule has 0 aromatic rings. The summed E-state index contributed by atoms with van der Waals surface area (Å²) in [5, 5.41) is 12.0. The Hall–Kier alpha value is -1.34. The topological polar surface area (TPSA) is 82.1 Å². The molecule has 3 aliphatic heterocycles. The maximum absolute atomic E-state index is 12.4. The largest absolute Gasteiger partial charge is 0.481 e. The van der Waals surface area contributed by atoms with Crippen molar-refractivity contribution in [3.05, 3.63) is 0 Å². The van der Waals surface area contributed by atoms with E-state index in [0.29, 0.717) is 6.04 Å². The van der Waals surface area contributed by atoms with Crippen molar-refractivity contribution in [2.75, 3.05) is 39.4 Å². The molecule has 0 bridgehead atoms. The van der Waals surface area contributed by atoms with E-state index in [0.717, 1.165) is 39.0 Å². The van der Waals surface area contributed by atoms with Crippen LogP contribution in [0.1, 0.15) is 19.3 Å². The first-order valence-corrected chi connectivity index (χ1v) is 7.75. The number of hydrogen-bond acceptors (Lipinski definition) is 4. The van der Waals surface area contributed by atoms with Crippen molar-refractivity contribution in [3.8, 4) is 0 Å². The smallest absolute Gasteiger partial charge is 0.317 e. The zero-order valence-corrected chi connectivity index (χ0v) is 12.2. The zero-order valence-electron chi connectivity index (χ0n) is 12.2. The highest BCUT2D eigenvalue weighted by Crippen LogP contribution is 2.21. The third kappa shape index (κ3) is 3.13. The molecule has 21 heavy (non-hydrogen) atoms. The number of nitrogens with zero attached hydrogens (tertiary/aromatic N) is 2. The molecular formula is C14H23N3O4. The van der Waals surface area contributed by atoms with E-state index < -0.39 is 17.9 Å². The summed E-state index contributed by atoms with van der Waals surface area (Å²) in [6.07, 6.45) is 3.33. The number of aliphatic carboxylic acids is 1. The van der Waals surface area contributed by atoms with Crippen LogP contribution in [0.4, 0.5) is 4.79 Å². The first-order chi connectivity index (χ1) is 10.1. The molecule has 0 spiro atoms.